The summed E-state index contributed by atoms with van der Waals surface area (Å²) in [5, 5.41) is 12.1. The summed E-state index contributed by atoms with van der Waals surface area (Å²) in [4.78, 5) is 23.0. The molecule has 0 aliphatic rings. The third kappa shape index (κ3) is 4.26. The Morgan fingerprint density at radius 1 is 1.50 bits per heavy atom. The van der Waals surface area contributed by atoms with E-state index < -0.39 is 15.8 Å². The van der Waals surface area contributed by atoms with Crippen LogP contribution in [0, 0.1) is 3.57 Å². The summed E-state index contributed by atoms with van der Waals surface area (Å²) < 4.78 is 4.93. The van der Waals surface area contributed by atoms with Crippen molar-refractivity contribution in [3.05, 3.63) is 27.3 Å². The molecule has 1 rings (SSSR count). The highest BCUT2D eigenvalue weighted by atomic mass is 127. The molecule has 1 unspecified atom stereocenters. The largest absolute Gasteiger partial charge is 0.507 e. The number of ether oxygens (including phenoxy) is 1. The molecule has 0 saturated carbocycles. The molecule has 5 nitrogen and oxygen atoms in total. The number of benzene rings is 1. The minimum atomic E-state index is -0.457. The van der Waals surface area contributed by atoms with Gasteiger partial charge in [-0.05, 0) is 40.8 Å². The molecule has 1 atom stereocenters. The van der Waals surface area contributed by atoms with E-state index in [1.165, 1.54) is 13.2 Å². The van der Waals surface area contributed by atoms with Crippen molar-refractivity contribution in [1.82, 2.24) is 5.32 Å². The molecule has 0 aliphatic heterocycles. The fourth-order valence-electron chi connectivity index (χ4n) is 1.18. The Kier molecular flexibility index (Phi) is 6.12. The standard InChI is InChI=1S/C11H11I2NO4/c1-18-11(17)8(13)5-14-10(16)7-4-6(12)2-3-9(7)15/h2-4,8,15H,5H2,1H3,(H,14,16). The van der Waals surface area contributed by atoms with Crippen LogP contribution in [0.5, 0.6) is 5.75 Å². The summed E-state index contributed by atoms with van der Waals surface area (Å²) in [6.45, 7) is 0.150. The van der Waals surface area contributed by atoms with Crippen molar-refractivity contribution >= 4 is 57.1 Å². The van der Waals surface area contributed by atoms with Crippen LogP contribution < -0.4 is 5.32 Å². The molecule has 0 radical (unpaired) electrons. The molecule has 0 heterocycles. The van der Waals surface area contributed by atoms with Gasteiger partial charge in [0.2, 0.25) is 0 Å². The lowest BCUT2D eigenvalue weighted by Gasteiger charge is -2.10. The van der Waals surface area contributed by atoms with Crippen molar-refractivity contribution in [2.45, 2.75) is 3.92 Å². The maximum atomic E-state index is 11.8. The third-order valence-corrected chi connectivity index (χ3v) is 3.72. The second-order valence-corrected chi connectivity index (χ2v) is 6.11. The fourth-order valence-corrected chi connectivity index (χ4v) is 2.14. The zero-order chi connectivity index (χ0) is 13.7. The zero-order valence-electron chi connectivity index (χ0n) is 9.44. The van der Waals surface area contributed by atoms with Gasteiger partial charge in [0.05, 0.1) is 12.7 Å². The number of phenolic OH excluding ortho intramolecular Hbond substituents is 1. The van der Waals surface area contributed by atoms with Gasteiger partial charge in [0.15, 0.2) is 0 Å². The molecule has 1 aromatic rings. The number of carbonyl (C=O) groups is 2. The number of hydrogen-bond acceptors (Lipinski definition) is 4. The minimum Gasteiger partial charge on any atom is -0.507 e. The van der Waals surface area contributed by atoms with Gasteiger partial charge in [0, 0.05) is 10.1 Å². The SMILES string of the molecule is COC(=O)C(I)CNC(=O)c1cc(I)ccc1O. The first kappa shape index (κ1) is 15.5. The summed E-state index contributed by atoms with van der Waals surface area (Å²) in [5.41, 5.74) is 0.190. The summed E-state index contributed by atoms with van der Waals surface area (Å²) >= 11 is 3.93. The van der Waals surface area contributed by atoms with Gasteiger partial charge in [0.1, 0.15) is 9.67 Å². The number of amides is 1. The van der Waals surface area contributed by atoms with Crippen LogP contribution in [0.15, 0.2) is 18.2 Å². The van der Waals surface area contributed by atoms with Crippen LogP contribution >= 0.6 is 45.2 Å². The normalized spacial score (nSPS) is 11.7. The Bertz CT molecular complexity index is 464. The molecule has 2 N–H and O–H groups in total. The van der Waals surface area contributed by atoms with Gasteiger partial charge < -0.3 is 15.2 Å². The summed E-state index contributed by atoms with van der Waals surface area (Å²) in [5.74, 6) is -0.907. The van der Waals surface area contributed by atoms with Crippen LogP contribution in [0.2, 0.25) is 0 Å². The van der Waals surface area contributed by atoms with E-state index in [1.54, 1.807) is 12.1 Å². The van der Waals surface area contributed by atoms with Crippen molar-refractivity contribution < 1.29 is 19.4 Å². The highest BCUT2D eigenvalue weighted by molar-refractivity contribution is 14.1. The number of halogens is 2. The molecular formula is C11H11I2NO4. The van der Waals surface area contributed by atoms with E-state index in [-0.39, 0.29) is 17.9 Å². The predicted molar refractivity (Wildman–Crippen MR) is 83.0 cm³/mol. The maximum Gasteiger partial charge on any atom is 0.320 e. The second kappa shape index (κ2) is 7.12. The molecule has 0 saturated heterocycles. The first-order valence-electron chi connectivity index (χ1n) is 4.94. The van der Waals surface area contributed by atoms with E-state index in [0.717, 1.165) is 3.57 Å². The van der Waals surface area contributed by atoms with Gasteiger partial charge >= 0.3 is 5.97 Å². The van der Waals surface area contributed by atoms with Crippen LogP contribution in [0.1, 0.15) is 10.4 Å². The van der Waals surface area contributed by atoms with Crippen molar-refractivity contribution in [1.29, 1.82) is 0 Å². The van der Waals surface area contributed by atoms with Gasteiger partial charge in [-0.3, -0.25) is 9.59 Å². The van der Waals surface area contributed by atoms with Crippen molar-refractivity contribution in [2.75, 3.05) is 13.7 Å². The molecule has 18 heavy (non-hydrogen) atoms. The van der Waals surface area contributed by atoms with Gasteiger partial charge in [-0.15, -0.1) is 0 Å². The van der Waals surface area contributed by atoms with Gasteiger partial charge in [0.25, 0.3) is 5.91 Å². The molecule has 7 heteroatoms. The first-order chi connectivity index (χ1) is 8.45. The molecule has 0 spiro atoms. The topological polar surface area (TPSA) is 75.6 Å². The number of nitrogens with one attached hydrogen (secondary N) is 1. The first-order valence-corrected chi connectivity index (χ1v) is 7.26. The maximum absolute atomic E-state index is 11.8. The lowest BCUT2D eigenvalue weighted by molar-refractivity contribution is -0.139. The zero-order valence-corrected chi connectivity index (χ0v) is 13.8. The highest BCUT2D eigenvalue weighted by Crippen LogP contribution is 2.19. The Morgan fingerprint density at radius 2 is 2.17 bits per heavy atom. The summed E-state index contributed by atoms with van der Waals surface area (Å²) in [6.07, 6.45) is 0. The van der Waals surface area contributed by atoms with E-state index in [4.69, 9.17) is 0 Å². The highest BCUT2D eigenvalue weighted by Gasteiger charge is 2.18. The van der Waals surface area contributed by atoms with Crippen LogP contribution in [0.4, 0.5) is 0 Å². The molecular weight excluding hydrogens is 464 g/mol. The van der Waals surface area contributed by atoms with Crippen LogP contribution in [-0.2, 0) is 9.53 Å². The quantitative estimate of drug-likeness (QED) is 0.396. The number of phenols is 1. The van der Waals surface area contributed by atoms with Crippen LogP contribution in [0.25, 0.3) is 0 Å². The average molecular weight is 475 g/mol. The molecule has 98 valence electrons. The molecule has 0 aromatic heterocycles. The Hall–Kier alpha value is -0.580. The van der Waals surface area contributed by atoms with E-state index in [2.05, 4.69) is 10.1 Å². The van der Waals surface area contributed by atoms with Crippen LogP contribution in [-0.4, -0.2) is 34.6 Å². The van der Waals surface area contributed by atoms with Crippen LogP contribution in [0.3, 0.4) is 0 Å². The number of esters is 1. The van der Waals surface area contributed by atoms with E-state index in [0.29, 0.717) is 0 Å². The van der Waals surface area contributed by atoms with Gasteiger partial charge in [-0.1, -0.05) is 22.6 Å². The molecule has 1 aromatic carbocycles. The van der Waals surface area contributed by atoms with Gasteiger partial charge in [-0.25, -0.2) is 0 Å². The number of carbonyl (C=O) groups excluding carboxylic acids is 2. The monoisotopic (exact) mass is 475 g/mol. The second-order valence-electron chi connectivity index (χ2n) is 3.36. The summed E-state index contributed by atoms with van der Waals surface area (Å²) in [6, 6.07) is 4.73. The number of aromatic hydroxyl groups is 1. The van der Waals surface area contributed by atoms with Crippen molar-refractivity contribution in [2.24, 2.45) is 0 Å². The van der Waals surface area contributed by atoms with E-state index in [9.17, 15) is 14.7 Å². The molecule has 0 aliphatic carbocycles. The smallest absolute Gasteiger partial charge is 0.320 e. The number of hydrogen-bond donors (Lipinski definition) is 2. The summed E-state index contributed by atoms with van der Waals surface area (Å²) in [7, 11) is 1.29. The number of alkyl halides is 1. The lowest BCUT2D eigenvalue weighted by Crippen LogP contribution is -2.33. The minimum absolute atomic E-state index is 0.0870. The number of rotatable bonds is 4. The number of methoxy groups -OCH3 is 1. The van der Waals surface area contributed by atoms with Crippen molar-refractivity contribution in [3.63, 3.8) is 0 Å². The molecule has 1 amide bonds. The van der Waals surface area contributed by atoms with Crippen molar-refractivity contribution in [3.8, 4) is 5.75 Å². The third-order valence-electron chi connectivity index (χ3n) is 2.10. The molecule has 0 fully saturated rings. The molecule has 0 bridgehead atoms. The van der Waals surface area contributed by atoms with Gasteiger partial charge in [-0.2, -0.15) is 0 Å². The fraction of sp³-hybridized carbons (Fsp3) is 0.273. The Morgan fingerprint density at radius 3 is 2.78 bits per heavy atom. The average Bonchev–Trinajstić information content (AvgIpc) is 2.37. The Labute approximate surface area is 132 Å². The predicted octanol–water partition coefficient (Wildman–Crippen LogP) is 1.70. The Balaban J connectivity index is 2.66. The lowest BCUT2D eigenvalue weighted by atomic mass is 10.2. The van der Waals surface area contributed by atoms with E-state index in [1.807, 2.05) is 45.2 Å². The van der Waals surface area contributed by atoms with E-state index >= 15 is 0 Å².